The van der Waals surface area contributed by atoms with Gasteiger partial charge in [-0.05, 0) is 44.2 Å². The molecule has 1 aromatic rings. The van der Waals surface area contributed by atoms with Crippen molar-refractivity contribution in [3.8, 4) is 0 Å². The Kier molecular flexibility index (Phi) is 3.97. The van der Waals surface area contributed by atoms with E-state index in [4.69, 9.17) is 4.42 Å². The molecule has 1 amide bonds. The fraction of sp³-hybridized carbons (Fsp3) is 0.688. The van der Waals surface area contributed by atoms with Gasteiger partial charge in [-0.2, -0.15) is 8.78 Å². The van der Waals surface area contributed by atoms with E-state index in [0.717, 1.165) is 12.8 Å². The van der Waals surface area contributed by atoms with Crippen LogP contribution in [-0.4, -0.2) is 34.0 Å². The largest absolute Gasteiger partial charge is 0.467 e. The predicted octanol–water partition coefficient (Wildman–Crippen LogP) is 3.27. The van der Waals surface area contributed by atoms with Gasteiger partial charge in [0.2, 0.25) is 0 Å². The van der Waals surface area contributed by atoms with Gasteiger partial charge in [-0.1, -0.05) is 12.8 Å². The van der Waals surface area contributed by atoms with Gasteiger partial charge in [0.05, 0.1) is 12.3 Å². The van der Waals surface area contributed by atoms with E-state index in [0.29, 0.717) is 25.0 Å². The summed E-state index contributed by atoms with van der Waals surface area (Å²) in [5.74, 6) is -4.47. The summed E-state index contributed by atoms with van der Waals surface area (Å²) in [5.41, 5.74) is -2.18. The van der Waals surface area contributed by atoms with Crippen molar-refractivity contribution < 1.29 is 23.1 Å². The van der Waals surface area contributed by atoms with E-state index >= 15 is 0 Å². The van der Waals surface area contributed by atoms with Gasteiger partial charge in [-0.25, -0.2) is 0 Å². The van der Waals surface area contributed by atoms with E-state index in [9.17, 15) is 18.7 Å². The van der Waals surface area contributed by atoms with E-state index in [1.165, 1.54) is 11.2 Å². The molecule has 3 rings (SSSR count). The maximum absolute atomic E-state index is 14.5. The first-order valence-electron chi connectivity index (χ1n) is 7.90. The number of likely N-dealkylation sites (tertiary alicyclic amines) is 1. The van der Waals surface area contributed by atoms with Crippen LogP contribution in [0.5, 0.6) is 0 Å². The van der Waals surface area contributed by atoms with Crippen molar-refractivity contribution >= 4 is 5.91 Å². The molecule has 4 nitrogen and oxygen atoms in total. The number of aliphatic hydroxyl groups is 1. The predicted molar refractivity (Wildman–Crippen MR) is 75.4 cm³/mol. The zero-order valence-electron chi connectivity index (χ0n) is 12.4. The molecule has 0 spiro atoms. The first kappa shape index (κ1) is 15.5. The van der Waals surface area contributed by atoms with Crippen molar-refractivity contribution in [3.63, 3.8) is 0 Å². The number of rotatable bonds is 3. The van der Waals surface area contributed by atoms with Crippen LogP contribution in [0.3, 0.4) is 0 Å². The molecule has 1 unspecified atom stereocenters. The molecular weight excluding hydrogens is 292 g/mol. The van der Waals surface area contributed by atoms with Gasteiger partial charge in [0, 0.05) is 6.54 Å². The van der Waals surface area contributed by atoms with Gasteiger partial charge >= 0.3 is 5.92 Å². The number of alkyl halides is 2. The first-order chi connectivity index (χ1) is 10.5. The van der Waals surface area contributed by atoms with Crippen molar-refractivity contribution in [2.75, 3.05) is 6.54 Å². The first-order valence-corrected chi connectivity index (χ1v) is 7.90. The summed E-state index contributed by atoms with van der Waals surface area (Å²) in [6.45, 7) is 0.274. The van der Waals surface area contributed by atoms with Gasteiger partial charge in [0.15, 0.2) is 0 Å². The minimum Gasteiger partial charge on any atom is -0.467 e. The number of carbonyl (C=O) groups excluding carboxylic acids is 1. The average Bonchev–Trinajstić information content (AvgIpc) is 2.88. The second-order valence-corrected chi connectivity index (χ2v) is 6.34. The summed E-state index contributed by atoms with van der Waals surface area (Å²) >= 11 is 0. The molecule has 6 heteroatoms. The van der Waals surface area contributed by atoms with Crippen LogP contribution in [0.1, 0.15) is 56.7 Å². The number of nitrogens with zero attached hydrogens (tertiary/aromatic N) is 1. The van der Waals surface area contributed by atoms with Gasteiger partial charge in [0.25, 0.3) is 5.91 Å². The van der Waals surface area contributed by atoms with Crippen molar-refractivity contribution in [2.45, 2.75) is 62.5 Å². The van der Waals surface area contributed by atoms with Gasteiger partial charge in [-0.3, -0.25) is 4.79 Å². The third kappa shape index (κ3) is 2.43. The minimum absolute atomic E-state index is 0.0228. The molecule has 1 saturated carbocycles. The Morgan fingerprint density at radius 1 is 1.32 bits per heavy atom. The van der Waals surface area contributed by atoms with E-state index in [-0.39, 0.29) is 19.4 Å². The smallest absolute Gasteiger partial charge is 0.352 e. The average molecular weight is 313 g/mol. The Hall–Kier alpha value is -1.43. The molecule has 2 heterocycles. The van der Waals surface area contributed by atoms with Crippen molar-refractivity contribution in [1.82, 2.24) is 4.90 Å². The van der Waals surface area contributed by atoms with Crippen LogP contribution in [0, 0.1) is 0 Å². The molecule has 0 aromatic carbocycles. The zero-order valence-corrected chi connectivity index (χ0v) is 12.4. The van der Waals surface area contributed by atoms with Gasteiger partial charge in [-0.15, -0.1) is 0 Å². The Bertz CT molecular complexity index is 526. The number of amides is 1. The molecular formula is C16H21F2NO3. The minimum atomic E-state index is -3.74. The van der Waals surface area contributed by atoms with Crippen LogP contribution in [0.4, 0.5) is 8.78 Å². The lowest BCUT2D eigenvalue weighted by atomic mass is 9.75. The maximum Gasteiger partial charge on any atom is 0.352 e. The lowest BCUT2D eigenvalue weighted by molar-refractivity contribution is -0.225. The summed E-state index contributed by atoms with van der Waals surface area (Å²) in [6, 6.07) is 2.94. The Morgan fingerprint density at radius 3 is 2.68 bits per heavy atom. The number of hydrogen-bond donors (Lipinski definition) is 1. The van der Waals surface area contributed by atoms with E-state index in [1.807, 2.05) is 0 Å². The molecule has 0 radical (unpaired) electrons. The fourth-order valence-corrected chi connectivity index (χ4v) is 3.33. The third-order valence-electron chi connectivity index (χ3n) is 4.92. The highest BCUT2D eigenvalue weighted by atomic mass is 19.3. The van der Waals surface area contributed by atoms with E-state index in [2.05, 4.69) is 0 Å². The highest BCUT2D eigenvalue weighted by molar-refractivity contribution is 5.85. The SMILES string of the molecule is O=C(N1CCCCCC1c1ccco1)C(F)(F)C1(O)CCC1. The van der Waals surface area contributed by atoms with Gasteiger partial charge in [0.1, 0.15) is 11.4 Å². The summed E-state index contributed by atoms with van der Waals surface area (Å²) in [6.07, 6.45) is 5.03. The van der Waals surface area contributed by atoms with E-state index < -0.39 is 23.5 Å². The molecule has 22 heavy (non-hydrogen) atoms. The Balaban J connectivity index is 1.87. The molecule has 1 saturated heterocycles. The molecule has 1 N–H and O–H groups in total. The lowest BCUT2D eigenvalue weighted by Gasteiger charge is -2.44. The van der Waals surface area contributed by atoms with Gasteiger partial charge < -0.3 is 14.4 Å². The Morgan fingerprint density at radius 2 is 2.09 bits per heavy atom. The molecule has 122 valence electrons. The van der Waals surface area contributed by atoms with Crippen LogP contribution >= 0.6 is 0 Å². The van der Waals surface area contributed by atoms with Crippen LogP contribution in [-0.2, 0) is 4.79 Å². The third-order valence-corrected chi connectivity index (χ3v) is 4.92. The number of carbonyl (C=O) groups is 1. The maximum atomic E-state index is 14.5. The molecule has 1 atom stereocenters. The highest BCUT2D eigenvalue weighted by Gasteiger charge is 2.62. The molecule has 2 fully saturated rings. The normalized spacial score (nSPS) is 25.4. The lowest BCUT2D eigenvalue weighted by Crippen LogP contribution is -2.61. The van der Waals surface area contributed by atoms with Crippen molar-refractivity contribution in [1.29, 1.82) is 0 Å². The second kappa shape index (κ2) is 5.65. The summed E-state index contributed by atoms with van der Waals surface area (Å²) in [5, 5.41) is 10.0. The van der Waals surface area contributed by atoms with E-state index in [1.54, 1.807) is 12.1 Å². The molecule has 1 aliphatic carbocycles. The van der Waals surface area contributed by atoms with Crippen LogP contribution in [0.15, 0.2) is 22.8 Å². The quantitative estimate of drug-likeness (QED) is 0.932. The van der Waals surface area contributed by atoms with Crippen LogP contribution in [0.25, 0.3) is 0 Å². The summed E-state index contributed by atoms with van der Waals surface area (Å²) in [4.78, 5) is 13.7. The molecule has 2 aliphatic rings. The molecule has 1 aliphatic heterocycles. The number of hydrogen-bond acceptors (Lipinski definition) is 3. The van der Waals surface area contributed by atoms with Crippen LogP contribution in [0.2, 0.25) is 0 Å². The van der Waals surface area contributed by atoms with Crippen LogP contribution < -0.4 is 0 Å². The fourth-order valence-electron chi connectivity index (χ4n) is 3.33. The summed E-state index contributed by atoms with van der Waals surface area (Å²) < 4.78 is 34.4. The molecule has 1 aromatic heterocycles. The standard InChI is InChI=1S/C16H21F2NO3/c17-16(18,15(21)8-5-9-15)14(20)19-10-3-1-2-6-12(19)13-7-4-11-22-13/h4,7,11-12,21H,1-3,5-6,8-10H2. The Labute approximate surface area is 128 Å². The number of furan rings is 1. The number of halogens is 2. The topological polar surface area (TPSA) is 53.7 Å². The van der Waals surface area contributed by atoms with Crippen molar-refractivity contribution in [2.24, 2.45) is 0 Å². The van der Waals surface area contributed by atoms with Crippen molar-refractivity contribution in [3.05, 3.63) is 24.2 Å². The highest BCUT2D eigenvalue weighted by Crippen LogP contribution is 2.46. The monoisotopic (exact) mass is 313 g/mol. The second-order valence-electron chi connectivity index (χ2n) is 6.34. The zero-order chi connectivity index (χ0) is 15.8. The molecule has 0 bridgehead atoms. The summed E-state index contributed by atoms with van der Waals surface area (Å²) in [7, 11) is 0.